The van der Waals surface area contributed by atoms with Crippen LogP contribution in [0.15, 0.2) is 47.4 Å². The highest BCUT2D eigenvalue weighted by Crippen LogP contribution is 2.26. The van der Waals surface area contributed by atoms with E-state index in [1.54, 1.807) is 17.4 Å². The Labute approximate surface area is 148 Å². The number of thiophene rings is 1. The molecule has 1 N–H and O–H groups in total. The Morgan fingerprint density at radius 1 is 1.42 bits per heavy atom. The Balaban J connectivity index is 1.96. The number of ether oxygens (including phenoxy) is 1. The van der Waals surface area contributed by atoms with Gasteiger partial charge in [-0.3, -0.25) is 9.69 Å². The number of rotatable bonds is 7. The molecule has 2 rings (SSSR count). The molecule has 1 aliphatic heterocycles. The zero-order valence-electron chi connectivity index (χ0n) is 14.5. The van der Waals surface area contributed by atoms with Crippen molar-refractivity contribution >= 4 is 22.8 Å². The summed E-state index contributed by atoms with van der Waals surface area (Å²) in [7, 11) is 0. The normalized spacial score (nSPS) is 17.4. The number of nitrogens with zero attached hydrogens (tertiary/aromatic N) is 1. The average Bonchev–Trinajstić information content (AvgIpc) is 3.13. The summed E-state index contributed by atoms with van der Waals surface area (Å²) < 4.78 is 5.33. The lowest BCUT2D eigenvalue weighted by atomic mass is 10.0. The third-order valence-electron chi connectivity index (χ3n) is 3.86. The first kappa shape index (κ1) is 18.6. The lowest BCUT2D eigenvalue weighted by molar-refractivity contribution is -0.116. The number of allylic oxidation sites excluding steroid dienone is 5. The molecule has 24 heavy (non-hydrogen) atoms. The minimum Gasteiger partial charge on any atom is -0.379 e. The fourth-order valence-corrected chi connectivity index (χ4v) is 3.29. The molecule has 0 spiro atoms. The smallest absolute Gasteiger partial charge is 0.244 e. The Morgan fingerprint density at radius 3 is 2.88 bits per heavy atom. The van der Waals surface area contributed by atoms with Crippen LogP contribution in [-0.2, 0) is 9.53 Å². The second kappa shape index (κ2) is 10.2. The number of carbonyl (C=O) groups is 1. The van der Waals surface area contributed by atoms with Crippen molar-refractivity contribution in [1.82, 2.24) is 10.2 Å². The van der Waals surface area contributed by atoms with E-state index in [4.69, 9.17) is 4.74 Å². The standard InChI is InChI=1S/C19H26N2O2S/c1-3-4-6-16(2)17(18-7-5-14-24-18)15-19(22)20-8-9-21-10-12-23-13-11-21/h3-7,14-15H,8-13H2,1-2H3,(H,20,22)/b4-3-,16-6+,17-15-. The Bertz CT molecular complexity index is 597. The fourth-order valence-electron chi connectivity index (χ4n) is 2.49. The van der Waals surface area contributed by atoms with Crippen molar-refractivity contribution in [3.63, 3.8) is 0 Å². The van der Waals surface area contributed by atoms with Gasteiger partial charge in [0.05, 0.1) is 13.2 Å². The number of morpholine rings is 1. The maximum atomic E-state index is 12.3. The summed E-state index contributed by atoms with van der Waals surface area (Å²) in [5.41, 5.74) is 2.06. The molecule has 0 aromatic carbocycles. The van der Waals surface area contributed by atoms with Crippen LogP contribution in [0.5, 0.6) is 0 Å². The number of nitrogens with one attached hydrogen (secondary N) is 1. The second-order valence-electron chi connectivity index (χ2n) is 5.66. The van der Waals surface area contributed by atoms with Crippen molar-refractivity contribution in [2.75, 3.05) is 39.4 Å². The topological polar surface area (TPSA) is 41.6 Å². The van der Waals surface area contributed by atoms with Crippen LogP contribution in [0.3, 0.4) is 0 Å². The molecular formula is C19H26N2O2S. The SMILES string of the molecule is C\C=C/C=C(C)/C(=C/C(=O)NCCN1CCOCC1)c1cccs1. The van der Waals surface area contributed by atoms with Gasteiger partial charge in [0.25, 0.3) is 0 Å². The zero-order valence-corrected chi connectivity index (χ0v) is 15.3. The fraction of sp³-hybridized carbons (Fsp3) is 0.421. The van der Waals surface area contributed by atoms with E-state index in [0.29, 0.717) is 6.54 Å². The van der Waals surface area contributed by atoms with E-state index in [2.05, 4.69) is 10.2 Å². The zero-order chi connectivity index (χ0) is 17.2. The van der Waals surface area contributed by atoms with Gasteiger partial charge < -0.3 is 10.1 Å². The summed E-state index contributed by atoms with van der Waals surface area (Å²) in [6.07, 6.45) is 7.72. The van der Waals surface area contributed by atoms with E-state index in [1.165, 1.54) is 0 Å². The number of hydrogen-bond donors (Lipinski definition) is 1. The summed E-state index contributed by atoms with van der Waals surface area (Å²) in [5, 5.41) is 5.03. The van der Waals surface area contributed by atoms with Gasteiger partial charge in [-0.1, -0.05) is 24.3 Å². The van der Waals surface area contributed by atoms with Crippen LogP contribution in [-0.4, -0.2) is 50.2 Å². The Hall–Kier alpha value is -1.69. The maximum absolute atomic E-state index is 12.3. The molecule has 0 saturated carbocycles. The molecule has 2 heterocycles. The quantitative estimate of drug-likeness (QED) is 0.609. The van der Waals surface area contributed by atoms with Gasteiger partial charge >= 0.3 is 0 Å². The van der Waals surface area contributed by atoms with Crippen molar-refractivity contribution in [2.24, 2.45) is 0 Å². The third-order valence-corrected chi connectivity index (χ3v) is 4.76. The van der Waals surface area contributed by atoms with Gasteiger partial charge in [0.2, 0.25) is 5.91 Å². The molecule has 0 atom stereocenters. The number of hydrogen-bond acceptors (Lipinski definition) is 4. The molecule has 1 amide bonds. The molecule has 1 aromatic rings. The van der Waals surface area contributed by atoms with Crippen LogP contribution in [0.2, 0.25) is 0 Å². The largest absolute Gasteiger partial charge is 0.379 e. The molecule has 0 unspecified atom stereocenters. The van der Waals surface area contributed by atoms with E-state index >= 15 is 0 Å². The molecule has 130 valence electrons. The molecule has 1 aromatic heterocycles. The van der Waals surface area contributed by atoms with Gasteiger partial charge in [0, 0.05) is 37.1 Å². The van der Waals surface area contributed by atoms with Crippen molar-refractivity contribution in [2.45, 2.75) is 13.8 Å². The summed E-state index contributed by atoms with van der Waals surface area (Å²) in [6.45, 7) is 8.99. The molecule has 1 saturated heterocycles. The monoisotopic (exact) mass is 346 g/mol. The summed E-state index contributed by atoms with van der Waals surface area (Å²) in [4.78, 5) is 15.7. The third kappa shape index (κ3) is 6.07. The Kier molecular flexibility index (Phi) is 7.95. The summed E-state index contributed by atoms with van der Waals surface area (Å²) in [6, 6.07) is 4.05. The maximum Gasteiger partial charge on any atom is 0.244 e. The molecule has 5 heteroatoms. The van der Waals surface area contributed by atoms with E-state index in [0.717, 1.165) is 48.9 Å². The molecule has 0 bridgehead atoms. The van der Waals surface area contributed by atoms with Crippen molar-refractivity contribution < 1.29 is 9.53 Å². The number of amides is 1. The first-order valence-corrected chi connectivity index (χ1v) is 9.22. The van der Waals surface area contributed by atoms with Crippen LogP contribution in [0.25, 0.3) is 5.57 Å². The van der Waals surface area contributed by atoms with Crippen LogP contribution in [0, 0.1) is 0 Å². The minimum atomic E-state index is -0.0418. The molecular weight excluding hydrogens is 320 g/mol. The van der Waals surface area contributed by atoms with Crippen LogP contribution >= 0.6 is 11.3 Å². The van der Waals surface area contributed by atoms with Gasteiger partial charge in [0.1, 0.15) is 0 Å². The highest BCUT2D eigenvalue weighted by Gasteiger charge is 2.11. The van der Waals surface area contributed by atoms with Crippen LogP contribution in [0.4, 0.5) is 0 Å². The first-order chi connectivity index (χ1) is 11.7. The van der Waals surface area contributed by atoms with E-state index in [-0.39, 0.29) is 5.91 Å². The summed E-state index contributed by atoms with van der Waals surface area (Å²) in [5.74, 6) is -0.0418. The van der Waals surface area contributed by atoms with Crippen molar-refractivity contribution in [3.05, 3.63) is 52.3 Å². The lowest BCUT2D eigenvalue weighted by Crippen LogP contribution is -2.41. The lowest BCUT2D eigenvalue weighted by Gasteiger charge is -2.26. The minimum absolute atomic E-state index is 0.0418. The van der Waals surface area contributed by atoms with E-state index in [1.807, 2.05) is 49.6 Å². The van der Waals surface area contributed by atoms with Crippen molar-refractivity contribution in [3.8, 4) is 0 Å². The highest BCUT2D eigenvalue weighted by atomic mass is 32.1. The van der Waals surface area contributed by atoms with E-state index < -0.39 is 0 Å². The van der Waals surface area contributed by atoms with Crippen LogP contribution in [0.1, 0.15) is 18.7 Å². The predicted molar refractivity (Wildman–Crippen MR) is 101 cm³/mol. The van der Waals surface area contributed by atoms with Gasteiger partial charge in [-0.25, -0.2) is 0 Å². The van der Waals surface area contributed by atoms with Gasteiger partial charge in [-0.2, -0.15) is 0 Å². The molecule has 1 aliphatic rings. The van der Waals surface area contributed by atoms with Crippen LogP contribution < -0.4 is 5.32 Å². The molecule has 4 nitrogen and oxygen atoms in total. The predicted octanol–water partition coefficient (Wildman–Crippen LogP) is 3.10. The van der Waals surface area contributed by atoms with Gasteiger partial charge in [-0.05, 0) is 36.4 Å². The average molecular weight is 346 g/mol. The number of carbonyl (C=O) groups excluding carboxylic acids is 1. The van der Waals surface area contributed by atoms with Gasteiger partial charge in [0.15, 0.2) is 0 Å². The highest BCUT2D eigenvalue weighted by molar-refractivity contribution is 7.11. The molecule has 0 radical (unpaired) electrons. The van der Waals surface area contributed by atoms with E-state index in [9.17, 15) is 4.79 Å². The van der Waals surface area contributed by atoms with Gasteiger partial charge in [-0.15, -0.1) is 11.3 Å². The summed E-state index contributed by atoms with van der Waals surface area (Å²) >= 11 is 1.65. The first-order valence-electron chi connectivity index (χ1n) is 8.34. The van der Waals surface area contributed by atoms with Crippen molar-refractivity contribution in [1.29, 1.82) is 0 Å². The second-order valence-corrected chi connectivity index (χ2v) is 6.60. The molecule has 1 fully saturated rings. The Morgan fingerprint density at radius 2 is 2.21 bits per heavy atom. The molecule has 0 aliphatic carbocycles.